The molecule has 5 unspecified atom stereocenters. The van der Waals surface area contributed by atoms with E-state index in [4.69, 9.17) is 18.8 Å². The molecule has 3 aliphatic heterocycles. The van der Waals surface area contributed by atoms with Crippen molar-refractivity contribution in [2.45, 2.75) is 42.6 Å². The second-order valence-corrected chi connectivity index (χ2v) is 8.30. The number of esters is 2. The molecule has 3 heterocycles. The van der Waals surface area contributed by atoms with Gasteiger partial charge in [0.25, 0.3) is 0 Å². The van der Waals surface area contributed by atoms with Crippen molar-refractivity contribution in [2.24, 2.45) is 17.8 Å². The molecule has 8 nitrogen and oxygen atoms in total. The molecule has 5 atom stereocenters. The van der Waals surface area contributed by atoms with Gasteiger partial charge in [0.05, 0.1) is 37.8 Å². The number of ether oxygens (including phenoxy) is 3. The van der Waals surface area contributed by atoms with Gasteiger partial charge in [0.15, 0.2) is 0 Å². The number of hydrogen-bond donors (Lipinski definition) is 1. The van der Waals surface area contributed by atoms with Crippen molar-refractivity contribution in [1.29, 1.82) is 0 Å². The molecule has 27 heavy (non-hydrogen) atoms. The van der Waals surface area contributed by atoms with Crippen LogP contribution < -0.4 is 0 Å². The second kappa shape index (κ2) is 6.55. The molecule has 0 aromatic heterocycles. The van der Waals surface area contributed by atoms with Crippen LogP contribution >= 0.6 is 0 Å². The highest BCUT2D eigenvalue weighted by molar-refractivity contribution is 7.87. The summed E-state index contributed by atoms with van der Waals surface area (Å²) < 4.78 is 97.2. The normalized spacial score (nSPS) is 33.1. The topological polar surface area (TPSA) is 116 Å². The minimum atomic E-state index is -6.35. The molecule has 0 saturated carbocycles. The monoisotopic (exact) mass is 420 g/mol. The zero-order valence-corrected chi connectivity index (χ0v) is 14.5. The number of fused-ring (bicyclic) bond motifs is 5. The number of carbonyl (C=O) groups is 2. The Morgan fingerprint density at radius 3 is 2.59 bits per heavy atom. The van der Waals surface area contributed by atoms with Crippen LogP contribution in [0.4, 0.5) is 17.6 Å². The van der Waals surface area contributed by atoms with Gasteiger partial charge in [-0.3, -0.25) is 14.1 Å². The van der Waals surface area contributed by atoms with Crippen LogP contribution in [0.15, 0.2) is 0 Å². The summed E-state index contributed by atoms with van der Waals surface area (Å²) in [5.74, 6) is -7.69. The molecule has 3 fully saturated rings. The minimum absolute atomic E-state index is 0.0594. The summed E-state index contributed by atoms with van der Waals surface area (Å²) in [6, 6.07) is 0. The van der Waals surface area contributed by atoms with Gasteiger partial charge in [-0.1, -0.05) is 0 Å². The molecule has 0 spiro atoms. The van der Waals surface area contributed by atoms with Gasteiger partial charge < -0.3 is 14.2 Å². The van der Waals surface area contributed by atoms with Gasteiger partial charge >= 0.3 is 33.2 Å². The Balaban J connectivity index is 1.49. The van der Waals surface area contributed by atoms with Gasteiger partial charge in [-0.2, -0.15) is 26.0 Å². The molecule has 13 heteroatoms. The highest BCUT2D eigenvalue weighted by Gasteiger charge is 2.65. The first kappa shape index (κ1) is 20.3. The molecule has 154 valence electrons. The maximum absolute atomic E-state index is 13.3. The maximum atomic E-state index is 13.3. The summed E-state index contributed by atoms with van der Waals surface area (Å²) in [4.78, 5) is 23.3. The molecule has 0 amide bonds. The Bertz CT molecular complexity index is 739. The van der Waals surface area contributed by atoms with Gasteiger partial charge in [0, 0.05) is 18.3 Å². The Kier molecular flexibility index (Phi) is 4.92. The van der Waals surface area contributed by atoms with Crippen molar-refractivity contribution in [1.82, 2.24) is 0 Å². The van der Waals surface area contributed by atoms with Crippen LogP contribution in [-0.4, -0.2) is 61.5 Å². The highest BCUT2D eigenvalue weighted by Crippen LogP contribution is 2.50. The maximum Gasteiger partial charge on any atom is 0.431 e. The Hall–Kier alpha value is -1.47. The van der Waals surface area contributed by atoms with Crippen LogP contribution in [0.25, 0.3) is 0 Å². The average Bonchev–Trinajstić information content (AvgIpc) is 3.22. The summed E-state index contributed by atoms with van der Waals surface area (Å²) in [5, 5.41) is -5.73. The van der Waals surface area contributed by atoms with Crippen molar-refractivity contribution < 1.29 is 54.3 Å². The van der Waals surface area contributed by atoms with Gasteiger partial charge in [-0.05, 0) is 6.42 Å². The number of alkyl halides is 4. The second-order valence-electron chi connectivity index (χ2n) is 6.83. The standard InChI is InChI=1S/C14H16F4O8S/c15-13(16,14(17,18)27(21,22)23)2-1-9(19)24-4-6-3-8-7-5-25-12(20)10(7)11(6)26-8/h6-8,10-11H,1-5H2,(H,21,22,23). The van der Waals surface area contributed by atoms with E-state index < -0.39 is 58.1 Å². The summed E-state index contributed by atoms with van der Waals surface area (Å²) >= 11 is 0. The number of halogens is 4. The van der Waals surface area contributed by atoms with Gasteiger partial charge in [-0.25, -0.2) is 0 Å². The summed E-state index contributed by atoms with van der Waals surface area (Å²) in [7, 11) is -6.35. The molecule has 0 aromatic carbocycles. The minimum Gasteiger partial charge on any atom is -0.465 e. The van der Waals surface area contributed by atoms with Crippen molar-refractivity contribution in [3.8, 4) is 0 Å². The van der Waals surface area contributed by atoms with E-state index in [0.717, 1.165) is 0 Å². The third kappa shape index (κ3) is 3.40. The van der Waals surface area contributed by atoms with E-state index >= 15 is 0 Å². The molecule has 2 bridgehead atoms. The predicted octanol–water partition coefficient (Wildman–Crippen LogP) is 1.00. The van der Waals surface area contributed by atoms with Crippen LogP contribution in [0.1, 0.15) is 19.3 Å². The summed E-state index contributed by atoms with van der Waals surface area (Å²) in [6.07, 6.45) is -3.29. The van der Waals surface area contributed by atoms with Crippen LogP contribution in [-0.2, 0) is 33.9 Å². The lowest BCUT2D eigenvalue weighted by Gasteiger charge is -2.25. The number of rotatable bonds is 7. The quantitative estimate of drug-likeness (QED) is 0.369. The Morgan fingerprint density at radius 1 is 1.30 bits per heavy atom. The van der Waals surface area contributed by atoms with Crippen LogP contribution in [0, 0.1) is 17.8 Å². The molecule has 0 radical (unpaired) electrons. The van der Waals surface area contributed by atoms with E-state index in [-0.39, 0.29) is 31.2 Å². The predicted molar refractivity (Wildman–Crippen MR) is 76.3 cm³/mol. The van der Waals surface area contributed by atoms with Gasteiger partial charge in [0.2, 0.25) is 0 Å². The largest absolute Gasteiger partial charge is 0.465 e. The fourth-order valence-electron chi connectivity index (χ4n) is 3.75. The molecule has 3 saturated heterocycles. The lowest BCUT2D eigenvalue weighted by molar-refractivity contribution is -0.171. The third-order valence-corrected chi connectivity index (χ3v) is 6.11. The smallest absolute Gasteiger partial charge is 0.431 e. The average molecular weight is 420 g/mol. The molecule has 1 N–H and O–H groups in total. The summed E-state index contributed by atoms with van der Waals surface area (Å²) in [6.45, 7) is 0.00496. The van der Waals surface area contributed by atoms with E-state index in [1.807, 2.05) is 0 Å². The fourth-order valence-corrected chi connectivity index (χ4v) is 4.23. The zero-order valence-electron chi connectivity index (χ0n) is 13.6. The van der Waals surface area contributed by atoms with Crippen molar-refractivity contribution in [2.75, 3.05) is 13.2 Å². The van der Waals surface area contributed by atoms with E-state index in [1.165, 1.54) is 0 Å². The first-order chi connectivity index (χ1) is 12.3. The molecule has 3 rings (SSSR count). The van der Waals surface area contributed by atoms with E-state index in [1.54, 1.807) is 0 Å². The van der Waals surface area contributed by atoms with E-state index in [0.29, 0.717) is 6.42 Å². The van der Waals surface area contributed by atoms with Crippen molar-refractivity contribution in [3.05, 3.63) is 0 Å². The van der Waals surface area contributed by atoms with E-state index in [2.05, 4.69) is 0 Å². The Labute approximate surface area is 150 Å². The molecule has 0 aromatic rings. The number of hydrogen-bond acceptors (Lipinski definition) is 7. The molecular weight excluding hydrogens is 404 g/mol. The Morgan fingerprint density at radius 2 is 1.96 bits per heavy atom. The summed E-state index contributed by atoms with van der Waals surface area (Å²) in [5.41, 5.74) is 0. The van der Waals surface area contributed by atoms with Crippen LogP contribution in [0.3, 0.4) is 0 Å². The van der Waals surface area contributed by atoms with Crippen molar-refractivity contribution in [3.63, 3.8) is 0 Å². The fraction of sp³-hybridized carbons (Fsp3) is 0.857. The van der Waals surface area contributed by atoms with Crippen LogP contribution in [0.2, 0.25) is 0 Å². The molecule has 0 aliphatic carbocycles. The highest BCUT2D eigenvalue weighted by atomic mass is 32.2. The third-order valence-electron chi connectivity index (χ3n) is 5.17. The van der Waals surface area contributed by atoms with Crippen LogP contribution in [0.5, 0.6) is 0 Å². The lowest BCUT2D eigenvalue weighted by Crippen LogP contribution is -2.47. The van der Waals surface area contributed by atoms with Crippen molar-refractivity contribution >= 4 is 22.1 Å². The molecule has 3 aliphatic rings. The van der Waals surface area contributed by atoms with Gasteiger partial charge in [0.1, 0.15) is 0 Å². The van der Waals surface area contributed by atoms with Gasteiger partial charge in [-0.15, -0.1) is 0 Å². The lowest BCUT2D eigenvalue weighted by atomic mass is 9.76. The molecular formula is C14H16F4O8S. The zero-order chi connectivity index (χ0) is 20.2. The van der Waals surface area contributed by atoms with E-state index in [9.17, 15) is 35.6 Å². The first-order valence-electron chi connectivity index (χ1n) is 8.05. The SMILES string of the molecule is O=C(CCC(F)(F)C(F)(F)S(=O)(=O)O)OCC1CC2OC1C1C(=O)OCC21. The number of carbonyl (C=O) groups excluding carboxylic acids is 2. The first-order valence-corrected chi connectivity index (χ1v) is 9.49. The number of cyclic esters (lactones) is 1.